The molecule has 0 spiro atoms. The molecule has 3 rings (SSSR count). The highest BCUT2D eigenvalue weighted by atomic mass is 16.6. The molecule has 4 heteroatoms. The van der Waals surface area contributed by atoms with Gasteiger partial charge in [0.15, 0.2) is 0 Å². The normalized spacial score (nSPS) is 25.7. The van der Waals surface area contributed by atoms with Crippen molar-refractivity contribution in [1.82, 2.24) is 4.90 Å². The molecule has 0 N–H and O–H groups in total. The minimum Gasteiger partial charge on any atom is -0.444 e. The van der Waals surface area contributed by atoms with Gasteiger partial charge in [0.1, 0.15) is 5.60 Å². The van der Waals surface area contributed by atoms with Gasteiger partial charge in [0.05, 0.1) is 12.1 Å². The number of benzene rings is 1. The zero-order chi connectivity index (χ0) is 15.9. The lowest BCUT2D eigenvalue weighted by Gasteiger charge is -2.37. The van der Waals surface area contributed by atoms with Gasteiger partial charge in [0.2, 0.25) is 0 Å². The second-order valence-electron chi connectivity index (χ2n) is 7.14. The highest BCUT2D eigenvalue weighted by Gasteiger charge is 2.51. The topological polar surface area (TPSA) is 53.3 Å². The van der Waals surface area contributed by atoms with E-state index in [-0.39, 0.29) is 18.2 Å². The predicted molar refractivity (Wildman–Crippen MR) is 83.2 cm³/mol. The molecule has 1 saturated heterocycles. The van der Waals surface area contributed by atoms with Crippen LogP contribution in [0.4, 0.5) is 4.79 Å². The molecule has 1 aliphatic heterocycles. The summed E-state index contributed by atoms with van der Waals surface area (Å²) in [5.41, 5.74) is 2.08. The highest BCUT2D eigenvalue weighted by molar-refractivity contribution is 5.71. The number of nitriles is 1. The Morgan fingerprint density at radius 3 is 2.68 bits per heavy atom. The molecule has 2 bridgehead atoms. The fourth-order valence-electron chi connectivity index (χ4n) is 3.83. The van der Waals surface area contributed by atoms with E-state index < -0.39 is 5.60 Å². The number of carbonyl (C=O) groups excluding carboxylic acids is 1. The fourth-order valence-corrected chi connectivity index (χ4v) is 3.83. The first-order chi connectivity index (χ1) is 10.4. The molecular formula is C18H22N2O2. The van der Waals surface area contributed by atoms with Gasteiger partial charge in [-0.15, -0.1) is 0 Å². The maximum Gasteiger partial charge on any atom is 0.411 e. The second kappa shape index (κ2) is 5.31. The molecule has 0 unspecified atom stereocenters. The number of nitrogens with zero attached hydrogens (tertiary/aromatic N) is 2. The quantitative estimate of drug-likeness (QED) is 0.824. The molecule has 1 aromatic rings. The number of hydrogen-bond donors (Lipinski definition) is 0. The molecule has 3 atom stereocenters. The number of likely N-dealkylation sites (tertiary alicyclic amines) is 1. The third kappa shape index (κ3) is 2.45. The molecule has 1 aromatic carbocycles. The average Bonchev–Trinajstić information content (AvgIpc) is 2.99. The zero-order valence-electron chi connectivity index (χ0n) is 13.4. The van der Waals surface area contributed by atoms with Crippen LogP contribution in [0.1, 0.15) is 63.1 Å². The average molecular weight is 298 g/mol. The predicted octanol–water partition coefficient (Wildman–Crippen LogP) is 4.14. The van der Waals surface area contributed by atoms with Crippen LogP contribution in [0.5, 0.6) is 0 Å². The highest BCUT2D eigenvalue weighted by Crippen LogP contribution is 2.55. The summed E-state index contributed by atoms with van der Waals surface area (Å²) in [7, 11) is 0. The molecule has 1 heterocycles. The molecule has 22 heavy (non-hydrogen) atoms. The third-order valence-corrected chi connectivity index (χ3v) is 4.55. The van der Waals surface area contributed by atoms with Gasteiger partial charge < -0.3 is 4.74 Å². The SMILES string of the molecule is CC(C)(C)OC(=O)N1[C@@H]2C[C@@H](c3ccccc32)[C@H]1CCC#N. The van der Waals surface area contributed by atoms with Crippen molar-refractivity contribution in [2.45, 2.75) is 63.6 Å². The summed E-state index contributed by atoms with van der Waals surface area (Å²) in [5, 5.41) is 8.92. The Balaban J connectivity index is 1.91. The van der Waals surface area contributed by atoms with Crippen LogP contribution in [0.2, 0.25) is 0 Å². The van der Waals surface area contributed by atoms with Gasteiger partial charge in [-0.1, -0.05) is 24.3 Å². The smallest absolute Gasteiger partial charge is 0.411 e. The van der Waals surface area contributed by atoms with Crippen molar-refractivity contribution in [1.29, 1.82) is 5.26 Å². The summed E-state index contributed by atoms with van der Waals surface area (Å²) >= 11 is 0. The Hall–Kier alpha value is -2.02. The van der Waals surface area contributed by atoms with Crippen LogP contribution in [0.3, 0.4) is 0 Å². The van der Waals surface area contributed by atoms with Gasteiger partial charge in [-0.3, -0.25) is 4.90 Å². The first kappa shape index (κ1) is 14.9. The van der Waals surface area contributed by atoms with E-state index in [0.717, 1.165) is 6.42 Å². The third-order valence-electron chi connectivity index (χ3n) is 4.55. The van der Waals surface area contributed by atoms with Crippen molar-refractivity contribution in [3.8, 4) is 6.07 Å². The fraction of sp³-hybridized carbons (Fsp3) is 0.556. The van der Waals surface area contributed by atoms with Crippen molar-refractivity contribution in [2.24, 2.45) is 0 Å². The summed E-state index contributed by atoms with van der Waals surface area (Å²) in [4.78, 5) is 14.5. The van der Waals surface area contributed by atoms with Crippen molar-refractivity contribution in [3.63, 3.8) is 0 Å². The Morgan fingerprint density at radius 1 is 1.36 bits per heavy atom. The number of fused-ring (bicyclic) bond motifs is 5. The lowest BCUT2D eigenvalue weighted by Crippen LogP contribution is -2.44. The minimum atomic E-state index is -0.502. The Bertz CT molecular complexity index is 627. The first-order valence-corrected chi connectivity index (χ1v) is 7.89. The van der Waals surface area contributed by atoms with Crippen molar-refractivity contribution in [3.05, 3.63) is 35.4 Å². The van der Waals surface area contributed by atoms with E-state index in [0.29, 0.717) is 18.8 Å². The summed E-state index contributed by atoms with van der Waals surface area (Å²) in [5.74, 6) is 0.335. The standard InChI is InChI=1S/C18H22N2O2/c1-18(2,3)22-17(21)20-15(9-6-10-19)14-11-16(20)13-8-5-4-7-12(13)14/h4-5,7-8,14-16H,6,9,11H2,1-3H3/t14-,15+,16+/m0/s1. The van der Waals surface area contributed by atoms with Gasteiger partial charge >= 0.3 is 6.09 Å². The van der Waals surface area contributed by atoms with Crippen LogP contribution in [0, 0.1) is 11.3 Å². The summed E-state index contributed by atoms with van der Waals surface area (Å²) in [6.07, 6.45) is 1.88. The first-order valence-electron chi connectivity index (χ1n) is 7.89. The number of carbonyl (C=O) groups is 1. The molecule has 0 radical (unpaired) electrons. The summed E-state index contributed by atoms with van der Waals surface area (Å²) in [6.45, 7) is 5.66. The van der Waals surface area contributed by atoms with Crippen molar-refractivity contribution >= 4 is 6.09 Å². The molecule has 1 aliphatic carbocycles. The number of rotatable bonds is 2. The second-order valence-corrected chi connectivity index (χ2v) is 7.14. The molecule has 1 fully saturated rings. The Labute approximate surface area is 131 Å². The maximum absolute atomic E-state index is 12.7. The van der Waals surface area contributed by atoms with E-state index in [2.05, 4.69) is 24.3 Å². The van der Waals surface area contributed by atoms with Crippen LogP contribution < -0.4 is 0 Å². The maximum atomic E-state index is 12.7. The van der Waals surface area contributed by atoms with E-state index in [4.69, 9.17) is 10.00 Å². The van der Waals surface area contributed by atoms with E-state index in [9.17, 15) is 4.79 Å². The molecule has 4 nitrogen and oxygen atoms in total. The van der Waals surface area contributed by atoms with Crippen molar-refractivity contribution in [2.75, 3.05) is 0 Å². The van der Waals surface area contributed by atoms with E-state index in [1.807, 2.05) is 31.7 Å². The molecule has 1 amide bonds. The minimum absolute atomic E-state index is 0.0781. The summed E-state index contributed by atoms with van der Waals surface area (Å²) in [6, 6.07) is 10.7. The number of hydrogen-bond acceptors (Lipinski definition) is 3. The molecular weight excluding hydrogens is 276 g/mol. The van der Waals surface area contributed by atoms with Crippen LogP contribution in [0.25, 0.3) is 0 Å². The summed E-state index contributed by atoms with van der Waals surface area (Å²) < 4.78 is 5.60. The Kier molecular flexibility index (Phi) is 3.60. The molecule has 0 saturated carbocycles. The molecule has 0 aromatic heterocycles. The number of amides is 1. The van der Waals surface area contributed by atoms with Gasteiger partial charge in [-0.2, -0.15) is 5.26 Å². The van der Waals surface area contributed by atoms with Gasteiger partial charge in [-0.05, 0) is 44.7 Å². The largest absolute Gasteiger partial charge is 0.444 e. The monoisotopic (exact) mass is 298 g/mol. The molecule has 116 valence electrons. The van der Waals surface area contributed by atoms with Gasteiger partial charge in [-0.25, -0.2) is 4.79 Å². The van der Waals surface area contributed by atoms with E-state index >= 15 is 0 Å². The van der Waals surface area contributed by atoms with Crippen LogP contribution in [-0.2, 0) is 4.74 Å². The van der Waals surface area contributed by atoms with E-state index in [1.165, 1.54) is 11.1 Å². The Morgan fingerprint density at radius 2 is 2.05 bits per heavy atom. The van der Waals surface area contributed by atoms with Crippen LogP contribution in [0.15, 0.2) is 24.3 Å². The van der Waals surface area contributed by atoms with E-state index in [1.54, 1.807) is 0 Å². The lowest BCUT2D eigenvalue weighted by atomic mass is 9.89. The molecule has 2 aliphatic rings. The van der Waals surface area contributed by atoms with Crippen LogP contribution in [-0.4, -0.2) is 22.6 Å². The van der Waals surface area contributed by atoms with Crippen molar-refractivity contribution < 1.29 is 9.53 Å². The van der Waals surface area contributed by atoms with Gasteiger partial charge in [0.25, 0.3) is 0 Å². The van der Waals surface area contributed by atoms with Crippen LogP contribution >= 0.6 is 0 Å². The zero-order valence-corrected chi connectivity index (χ0v) is 13.4. The van der Waals surface area contributed by atoms with Gasteiger partial charge in [0, 0.05) is 18.4 Å². The lowest BCUT2D eigenvalue weighted by molar-refractivity contribution is 0.0117. The number of ether oxygens (including phenoxy) is 1.